The third-order valence-electron chi connectivity index (χ3n) is 2.41. The van der Waals surface area contributed by atoms with Gasteiger partial charge in [-0.05, 0) is 13.3 Å². The molecule has 4 nitrogen and oxygen atoms in total. The Kier molecular flexibility index (Phi) is 2.69. The molecule has 2 heterocycles. The van der Waals surface area contributed by atoms with E-state index in [9.17, 15) is 0 Å². The molecule has 0 radical (unpaired) electrons. The molecule has 1 aromatic rings. The summed E-state index contributed by atoms with van der Waals surface area (Å²) in [6.45, 7) is 5.82. The predicted octanol–water partition coefficient (Wildman–Crippen LogP) is 1.69. The van der Waals surface area contributed by atoms with Gasteiger partial charge in [-0.25, -0.2) is 4.98 Å². The molecular weight excluding hydrogens is 198 g/mol. The van der Waals surface area contributed by atoms with E-state index in [2.05, 4.69) is 28.5 Å². The molecule has 0 aromatic carbocycles. The van der Waals surface area contributed by atoms with Gasteiger partial charge in [-0.2, -0.15) is 4.37 Å². The number of nitrogens with zero attached hydrogens (tertiary/aromatic N) is 2. The summed E-state index contributed by atoms with van der Waals surface area (Å²) in [5.41, 5.74) is 0.0462. The second-order valence-electron chi connectivity index (χ2n) is 3.86. The van der Waals surface area contributed by atoms with Crippen molar-refractivity contribution in [2.24, 2.45) is 0 Å². The summed E-state index contributed by atoms with van der Waals surface area (Å²) in [6.07, 6.45) is 1.93. The monoisotopic (exact) mass is 213 g/mol. The molecule has 1 aromatic heterocycles. The molecule has 1 unspecified atom stereocenters. The van der Waals surface area contributed by atoms with Crippen LogP contribution in [0.3, 0.4) is 0 Å². The Morgan fingerprint density at radius 3 is 3.07 bits per heavy atom. The highest BCUT2D eigenvalue weighted by atomic mass is 32.1. The fourth-order valence-electron chi connectivity index (χ4n) is 1.47. The van der Waals surface area contributed by atoms with Gasteiger partial charge >= 0.3 is 0 Å². The minimum atomic E-state index is 0.0462. The Labute approximate surface area is 87.9 Å². The summed E-state index contributed by atoms with van der Waals surface area (Å²) in [4.78, 5) is 4.38. The van der Waals surface area contributed by atoms with Crippen LogP contribution in [-0.4, -0.2) is 28.1 Å². The average Bonchev–Trinajstić information content (AvgIpc) is 2.75. The predicted molar refractivity (Wildman–Crippen MR) is 56.8 cm³/mol. The molecule has 1 aliphatic heterocycles. The van der Waals surface area contributed by atoms with Gasteiger partial charge in [0.25, 0.3) is 0 Å². The Bertz CT molecular complexity index is 307. The summed E-state index contributed by atoms with van der Waals surface area (Å²) >= 11 is 1.43. The first-order valence-corrected chi connectivity index (χ1v) is 5.68. The molecule has 5 heteroatoms. The van der Waals surface area contributed by atoms with Crippen molar-refractivity contribution in [2.45, 2.75) is 32.2 Å². The summed E-state index contributed by atoms with van der Waals surface area (Å²) in [5.74, 6) is 0.917. The van der Waals surface area contributed by atoms with Crippen molar-refractivity contribution in [3.8, 4) is 0 Å². The van der Waals surface area contributed by atoms with Gasteiger partial charge in [-0.3, -0.25) is 0 Å². The van der Waals surface area contributed by atoms with Gasteiger partial charge in [0, 0.05) is 24.6 Å². The number of aromatic nitrogens is 2. The highest BCUT2D eigenvalue weighted by Crippen LogP contribution is 2.24. The van der Waals surface area contributed by atoms with Crippen LogP contribution in [0.4, 0.5) is 5.13 Å². The molecule has 0 saturated carbocycles. The zero-order valence-electron chi connectivity index (χ0n) is 8.54. The van der Waals surface area contributed by atoms with Crippen LogP contribution in [0.15, 0.2) is 0 Å². The highest BCUT2D eigenvalue weighted by Gasteiger charge is 2.30. The van der Waals surface area contributed by atoms with E-state index in [1.807, 2.05) is 0 Å². The van der Waals surface area contributed by atoms with Crippen LogP contribution < -0.4 is 5.32 Å². The zero-order valence-corrected chi connectivity index (χ0v) is 9.36. The van der Waals surface area contributed by atoms with Crippen LogP contribution in [0.5, 0.6) is 0 Å². The largest absolute Gasteiger partial charge is 0.379 e. The van der Waals surface area contributed by atoms with Gasteiger partial charge < -0.3 is 10.1 Å². The molecule has 1 N–H and O–H groups in total. The van der Waals surface area contributed by atoms with Crippen molar-refractivity contribution in [3.05, 3.63) is 5.82 Å². The first kappa shape index (κ1) is 9.86. The smallest absolute Gasteiger partial charge is 0.203 e. The number of nitrogens with one attached hydrogen (secondary N) is 1. The Balaban J connectivity index is 2.02. The highest BCUT2D eigenvalue weighted by molar-refractivity contribution is 7.09. The first-order chi connectivity index (χ1) is 6.72. The van der Waals surface area contributed by atoms with E-state index in [1.165, 1.54) is 11.5 Å². The maximum absolute atomic E-state index is 5.36. The molecule has 0 spiro atoms. The normalized spacial score (nSPS) is 26.7. The second kappa shape index (κ2) is 3.82. The van der Waals surface area contributed by atoms with Crippen molar-refractivity contribution >= 4 is 16.7 Å². The number of aryl methyl sites for hydroxylation is 1. The van der Waals surface area contributed by atoms with E-state index in [-0.39, 0.29) is 5.54 Å². The minimum Gasteiger partial charge on any atom is -0.379 e. The van der Waals surface area contributed by atoms with Crippen molar-refractivity contribution in [2.75, 3.05) is 18.5 Å². The molecule has 1 fully saturated rings. The van der Waals surface area contributed by atoms with Gasteiger partial charge in [0.1, 0.15) is 5.82 Å². The molecule has 0 bridgehead atoms. The third kappa shape index (κ3) is 2.04. The molecule has 1 aliphatic rings. The number of anilines is 1. The Morgan fingerprint density at radius 2 is 2.50 bits per heavy atom. The van der Waals surface area contributed by atoms with E-state index in [4.69, 9.17) is 4.74 Å². The molecule has 1 saturated heterocycles. The summed E-state index contributed by atoms with van der Waals surface area (Å²) in [6, 6.07) is 0. The maximum Gasteiger partial charge on any atom is 0.203 e. The first-order valence-electron chi connectivity index (χ1n) is 4.90. The lowest BCUT2D eigenvalue weighted by Crippen LogP contribution is -2.34. The molecule has 0 amide bonds. The van der Waals surface area contributed by atoms with E-state index in [0.29, 0.717) is 0 Å². The van der Waals surface area contributed by atoms with E-state index in [0.717, 1.165) is 37.0 Å². The van der Waals surface area contributed by atoms with Gasteiger partial charge in [-0.1, -0.05) is 6.92 Å². The Morgan fingerprint density at radius 1 is 1.64 bits per heavy atom. The number of ether oxygens (including phenoxy) is 1. The van der Waals surface area contributed by atoms with Crippen molar-refractivity contribution in [3.63, 3.8) is 0 Å². The number of hydrogen-bond donors (Lipinski definition) is 1. The second-order valence-corrected chi connectivity index (χ2v) is 4.61. The van der Waals surface area contributed by atoms with Crippen LogP contribution in [0.25, 0.3) is 0 Å². The SMILES string of the molecule is CCc1nsc(NC2(C)CCOC2)n1. The molecule has 78 valence electrons. The van der Waals surface area contributed by atoms with Crippen molar-refractivity contribution in [1.82, 2.24) is 9.36 Å². The molecule has 0 aliphatic carbocycles. The van der Waals surface area contributed by atoms with E-state index in [1.54, 1.807) is 0 Å². The molecule has 14 heavy (non-hydrogen) atoms. The van der Waals surface area contributed by atoms with Crippen molar-refractivity contribution in [1.29, 1.82) is 0 Å². The van der Waals surface area contributed by atoms with Crippen LogP contribution in [0, 0.1) is 0 Å². The molecule has 1 atom stereocenters. The van der Waals surface area contributed by atoms with Crippen LogP contribution in [0.2, 0.25) is 0 Å². The van der Waals surface area contributed by atoms with Gasteiger partial charge in [-0.15, -0.1) is 0 Å². The fraction of sp³-hybridized carbons (Fsp3) is 0.778. The number of hydrogen-bond acceptors (Lipinski definition) is 5. The summed E-state index contributed by atoms with van der Waals surface area (Å²) < 4.78 is 9.59. The lowest BCUT2D eigenvalue weighted by Gasteiger charge is -2.22. The van der Waals surface area contributed by atoms with Crippen molar-refractivity contribution < 1.29 is 4.74 Å². The van der Waals surface area contributed by atoms with Gasteiger partial charge in [0.05, 0.1) is 12.1 Å². The lowest BCUT2D eigenvalue weighted by molar-refractivity contribution is 0.185. The molecular formula is C9H15N3OS. The molecule has 2 rings (SSSR count). The average molecular weight is 213 g/mol. The number of rotatable bonds is 3. The van der Waals surface area contributed by atoms with E-state index >= 15 is 0 Å². The standard InChI is InChI=1S/C9H15N3OS/c1-3-7-10-8(14-12-7)11-9(2)4-5-13-6-9/h3-6H2,1-2H3,(H,10,11,12). The van der Waals surface area contributed by atoms with E-state index < -0.39 is 0 Å². The minimum absolute atomic E-state index is 0.0462. The Hall–Kier alpha value is -0.680. The zero-order chi connectivity index (χ0) is 10.0. The van der Waals surface area contributed by atoms with Crippen LogP contribution in [-0.2, 0) is 11.2 Å². The van der Waals surface area contributed by atoms with Crippen LogP contribution in [0.1, 0.15) is 26.1 Å². The van der Waals surface area contributed by atoms with Gasteiger partial charge in [0.2, 0.25) is 5.13 Å². The lowest BCUT2D eigenvalue weighted by atomic mass is 10.0. The fourth-order valence-corrected chi connectivity index (χ4v) is 2.27. The topological polar surface area (TPSA) is 47.0 Å². The maximum atomic E-state index is 5.36. The quantitative estimate of drug-likeness (QED) is 0.830. The third-order valence-corrected chi connectivity index (χ3v) is 3.08. The van der Waals surface area contributed by atoms with Crippen LogP contribution >= 0.6 is 11.5 Å². The summed E-state index contributed by atoms with van der Waals surface area (Å²) in [5, 5.41) is 4.30. The summed E-state index contributed by atoms with van der Waals surface area (Å²) in [7, 11) is 0. The van der Waals surface area contributed by atoms with Gasteiger partial charge in [0.15, 0.2) is 0 Å².